The molecular formula is C11H22NO2. The van der Waals surface area contributed by atoms with Crippen LogP contribution in [0, 0.1) is 0 Å². The number of unbranched alkanes of at least 4 members (excludes halogenated alkanes) is 3. The van der Waals surface area contributed by atoms with E-state index in [-0.39, 0.29) is 6.23 Å². The van der Waals surface area contributed by atoms with Gasteiger partial charge in [-0.25, -0.2) is 4.79 Å². The van der Waals surface area contributed by atoms with Gasteiger partial charge in [0, 0.05) is 6.54 Å². The molecule has 1 unspecified atom stereocenters. The first-order valence-corrected chi connectivity index (χ1v) is 5.53. The summed E-state index contributed by atoms with van der Waals surface area (Å²) in [6.07, 6.45) is 4.82. The summed E-state index contributed by atoms with van der Waals surface area (Å²) in [5, 5.41) is 0. The molecule has 0 aromatic heterocycles. The van der Waals surface area contributed by atoms with E-state index in [2.05, 4.69) is 18.7 Å². The van der Waals surface area contributed by atoms with E-state index in [0.29, 0.717) is 0 Å². The fraction of sp³-hybridized carbons (Fsp3) is 0.909. The SMILES string of the molecule is CCCCCCN(CC)C(C)O[C]=O. The van der Waals surface area contributed by atoms with Crippen LogP contribution in [0.3, 0.4) is 0 Å². The first-order chi connectivity index (χ1) is 6.76. The molecule has 0 bridgehead atoms. The summed E-state index contributed by atoms with van der Waals surface area (Å²) in [7, 11) is 0. The molecule has 0 aliphatic rings. The largest absolute Gasteiger partial charge is 0.438 e. The summed E-state index contributed by atoms with van der Waals surface area (Å²) in [6.45, 7) is 9.56. The van der Waals surface area contributed by atoms with Crippen molar-refractivity contribution in [3.8, 4) is 0 Å². The third-order valence-electron chi connectivity index (χ3n) is 2.44. The second-order valence-electron chi connectivity index (χ2n) is 3.49. The van der Waals surface area contributed by atoms with Crippen LogP contribution in [0.5, 0.6) is 0 Å². The maximum atomic E-state index is 10.0. The van der Waals surface area contributed by atoms with Crippen molar-refractivity contribution in [2.24, 2.45) is 0 Å². The first kappa shape index (κ1) is 13.4. The Kier molecular flexibility index (Phi) is 8.64. The zero-order valence-corrected chi connectivity index (χ0v) is 9.58. The molecule has 0 aliphatic heterocycles. The topological polar surface area (TPSA) is 29.5 Å². The minimum atomic E-state index is -0.140. The standard InChI is InChI=1S/C11H22NO2/c1-4-6-7-8-9-12(5-2)11(3)14-10-13/h11H,4-9H2,1-3H3. The predicted octanol–water partition coefficient (Wildman–Crippen LogP) is 2.32. The lowest BCUT2D eigenvalue weighted by molar-refractivity contribution is 0.0299. The van der Waals surface area contributed by atoms with E-state index in [1.165, 1.54) is 32.2 Å². The average Bonchev–Trinajstić information content (AvgIpc) is 2.18. The Hall–Kier alpha value is -0.570. The van der Waals surface area contributed by atoms with Crippen LogP contribution >= 0.6 is 0 Å². The van der Waals surface area contributed by atoms with E-state index in [4.69, 9.17) is 4.74 Å². The van der Waals surface area contributed by atoms with Crippen molar-refractivity contribution in [1.82, 2.24) is 4.90 Å². The summed E-state index contributed by atoms with van der Waals surface area (Å²) in [6, 6.07) is 0. The number of hydrogen-bond donors (Lipinski definition) is 0. The molecule has 0 heterocycles. The van der Waals surface area contributed by atoms with Gasteiger partial charge in [-0.1, -0.05) is 33.1 Å². The Balaban J connectivity index is 3.61. The van der Waals surface area contributed by atoms with Crippen LogP contribution < -0.4 is 0 Å². The molecular weight excluding hydrogens is 178 g/mol. The van der Waals surface area contributed by atoms with Crippen molar-refractivity contribution in [3.63, 3.8) is 0 Å². The zero-order valence-electron chi connectivity index (χ0n) is 9.58. The Morgan fingerprint density at radius 1 is 1.29 bits per heavy atom. The average molecular weight is 200 g/mol. The fourth-order valence-corrected chi connectivity index (χ4v) is 1.48. The van der Waals surface area contributed by atoms with Crippen LogP contribution in [0.1, 0.15) is 46.5 Å². The lowest BCUT2D eigenvalue weighted by Gasteiger charge is -2.25. The van der Waals surface area contributed by atoms with Gasteiger partial charge in [0.15, 0.2) is 6.23 Å². The van der Waals surface area contributed by atoms with Crippen molar-refractivity contribution in [1.29, 1.82) is 0 Å². The summed E-state index contributed by atoms with van der Waals surface area (Å²) in [5.41, 5.74) is 0. The third-order valence-corrected chi connectivity index (χ3v) is 2.44. The van der Waals surface area contributed by atoms with Gasteiger partial charge in [-0.05, 0) is 19.9 Å². The quantitative estimate of drug-likeness (QED) is 0.422. The van der Waals surface area contributed by atoms with E-state index in [1.807, 2.05) is 6.92 Å². The summed E-state index contributed by atoms with van der Waals surface area (Å²) in [5.74, 6) is 0. The van der Waals surface area contributed by atoms with E-state index in [0.717, 1.165) is 13.1 Å². The molecule has 3 heteroatoms. The third kappa shape index (κ3) is 5.97. The maximum absolute atomic E-state index is 10.0. The van der Waals surface area contributed by atoms with Gasteiger partial charge < -0.3 is 4.74 Å². The molecule has 0 saturated heterocycles. The van der Waals surface area contributed by atoms with Gasteiger partial charge in [-0.15, -0.1) is 0 Å². The minimum absolute atomic E-state index is 0.140. The summed E-state index contributed by atoms with van der Waals surface area (Å²) < 4.78 is 4.77. The highest BCUT2D eigenvalue weighted by molar-refractivity contribution is 5.38. The van der Waals surface area contributed by atoms with Crippen LogP contribution in [-0.4, -0.2) is 30.7 Å². The van der Waals surface area contributed by atoms with Crippen LogP contribution in [0.25, 0.3) is 0 Å². The van der Waals surface area contributed by atoms with E-state index in [1.54, 1.807) is 0 Å². The lowest BCUT2D eigenvalue weighted by atomic mass is 10.2. The monoisotopic (exact) mass is 200 g/mol. The van der Waals surface area contributed by atoms with Crippen molar-refractivity contribution >= 4 is 6.47 Å². The van der Waals surface area contributed by atoms with Gasteiger partial charge in [0.05, 0.1) is 0 Å². The van der Waals surface area contributed by atoms with Crippen molar-refractivity contribution in [2.45, 2.75) is 52.7 Å². The number of carbonyl (C=O) groups excluding carboxylic acids is 1. The van der Waals surface area contributed by atoms with Crippen molar-refractivity contribution in [3.05, 3.63) is 0 Å². The summed E-state index contributed by atoms with van der Waals surface area (Å²) in [4.78, 5) is 12.2. The first-order valence-electron chi connectivity index (χ1n) is 5.53. The van der Waals surface area contributed by atoms with Crippen LogP contribution in [0.15, 0.2) is 0 Å². The van der Waals surface area contributed by atoms with Gasteiger partial charge >= 0.3 is 6.47 Å². The molecule has 1 radical (unpaired) electrons. The second kappa shape index (κ2) is 9.00. The molecule has 83 valence electrons. The van der Waals surface area contributed by atoms with Gasteiger partial charge in [-0.2, -0.15) is 0 Å². The Labute approximate surface area is 87.4 Å². The number of rotatable bonds is 9. The molecule has 0 aromatic carbocycles. The molecule has 0 aromatic rings. The van der Waals surface area contributed by atoms with Crippen LogP contribution in [0.4, 0.5) is 0 Å². The summed E-state index contributed by atoms with van der Waals surface area (Å²) >= 11 is 0. The van der Waals surface area contributed by atoms with Gasteiger partial charge in [-0.3, -0.25) is 4.90 Å². The normalized spacial score (nSPS) is 12.9. The molecule has 1 atom stereocenters. The van der Waals surface area contributed by atoms with Gasteiger partial charge in [0.25, 0.3) is 0 Å². The Morgan fingerprint density at radius 3 is 2.50 bits per heavy atom. The van der Waals surface area contributed by atoms with Gasteiger partial charge in [0.2, 0.25) is 0 Å². The molecule has 0 amide bonds. The van der Waals surface area contributed by atoms with E-state index >= 15 is 0 Å². The van der Waals surface area contributed by atoms with Gasteiger partial charge in [0.1, 0.15) is 0 Å². The van der Waals surface area contributed by atoms with Crippen molar-refractivity contribution in [2.75, 3.05) is 13.1 Å². The smallest absolute Gasteiger partial charge is 0.419 e. The molecule has 0 fully saturated rings. The highest BCUT2D eigenvalue weighted by Crippen LogP contribution is 2.05. The molecule has 0 spiro atoms. The Morgan fingerprint density at radius 2 is 2.00 bits per heavy atom. The van der Waals surface area contributed by atoms with Crippen LogP contribution in [0.2, 0.25) is 0 Å². The molecule has 0 aliphatic carbocycles. The van der Waals surface area contributed by atoms with E-state index < -0.39 is 0 Å². The Bertz CT molecular complexity index is 139. The van der Waals surface area contributed by atoms with E-state index in [9.17, 15) is 4.79 Å². The van der Waals surface area contributed by atoms with Crippen LogP contribution in [-0.2, 0) is 9.53 Å². The molecule has 0 N–H and O–H groups in total. The zero-order chi connectivity index (χ0) is 10.8. The minimum Gasteiger partial charge on any atom is -0.438 e. The highest BCUT2D eigenvalue weighted by Gasteiger charge is 2.11. The number of ether oxygens (including phenoxy) is 1. The van der Waals surface area contributed by atoms with Crippen molar-refractivity contribution < 1.29 is 9.53 Å². The highest BCUT2D eigenvalue weighted by atomic mass is 16.5. The maximum Gasteiger partial charge on any atom is 0.419 e. The predicted molar refractivity (Wildman–Crippen MR) is 57.6 cm³/mol. The molecule has 0 rings (SSSR count). The second-order valence-corrected chi connectivity index (χ2v) is 3.49. The number of nitrogens with zero attached hydrogens (tertiary/aromatic N) is 1. The molecule has 0 saturated carbocycles. The lowest BCUT2D eigenvalue weighted by Crippen LogP contribution is -2.35. The molecule has 14 heavy (non-hydrogen) atoms. The molecule has 3 nitrogen and oxygen atoms in total. The number of hydrogen-bond acceptors (Lipinski definition) is 3. The fourth-order valence-electron chi connectivity index (χ4n) is 1.48.